The Morgan fingerprint density at radius 3 is 2.45 bits per heavy atom. The predicted molar refractivity (Wildman–Crippen MR) is 84.7 cm³/mol. The molecule has 2 aliphatic rings. The Labute approximate surface area is 133 Å². The number of anilines is 1. The molecular formula is C16H19F3N2S. The fourth-order valence-electron chi connectivity index (χ4n) is 3.44. The van der Waals surface area contributed by atoms with E-state index in [4.69, 9.17) is 12.2 Å². The van der Waals surface area contributed by atoms with Crippen LogP contribution >= 0.6 is 12.2 Å². The summed E-state index contributed by atoms with van der Waals surface area (Å²) < 4.78 is 38.2. The van der Waals surface area contributed by atoms with E-state index in [9.17, 15) is 13.2 Å². The topological polar surface area (TPSA) is 24.1 Å². The fraction of sp³-hybridized carbons (Fsp3) is 0.562. The molecule has 3 rings (SSSR count). The number of alkyl halides is 3. The van der Waals surface area contributed by atoms with Gasteiger partial charge in [-0.15, -0.1) is 0 Å². The first-order valence-corrected chi connectivity index (χ1v) is 8.06. The zero-order valence-corrected chi connectivity index (χ0v) is 13.0. The Balaban J connectivity index is 1.67. The summed E-state index contributed by atoms with van der Waals surface area (Å²) in [5, 5.41) is 6.73. The van der Waals surface area contributed by atoms with E-state index in [0.29, 0.717) is 16.7 Å². The number of benzene rings is 1. The van der Waals surface area contributed by atoms with E-state index in [1.54, 1.807) is 6.07 Å². The van der Waals surface area contributed by atoms with E-state index in [1.807, 2.05) is 0 Å². The summed E-state index contributed by atoms with van der Waals surface area (Å²) >= 11 is 5.32. The van der Waals surface area contributed by atoms with E-state index >= 15 is 0 Å². The van der Waals surface area contributed by atoms with Crippen molar-refractivity contribution in [1.29, 1.82) is 0 Å². The lowest BCUT2D eigenvalue weighted by molar-refractivity contribution is -0.137. The van der Waals surface area contributed by atoms with Crippen LogP contribution < -0.4 is 10.6 Å². The van der Waals surface area contributed by atoms with Gasteiger partial charge in [0.2, 0.25) is 0 Å². The highest BCUT2D eigenvalue weighted by Crippen LogP contribution is 2.48. The van der Waals surface area contributed by atoms with Crippen molar-refractivity contribution in [3.8, 4) is 0 Å². The third-order valence-corrected chi connectivity index (χ3v) is 4.87. The number of hydrogen-bond acceptors (Lipinski definition) is 1. The third-order valence-electron chi connectivity index (χ3n) is 4.66. The molecule has 0 saturated heterocycles. The molecule has 0 aliphatic heterocycles. The van der Waals surface area contributed by atoms with Crippen molar-refractivity contribution >= 4 is 23.0 Å². The van der Waals surface area contributed by atoms with Crippen LogP contribution in [0, 0.1) is 5.92 Å². The van der Waals surface area contributed by atoms with Crippen LogP contribution in [0.15, 0.2) is 24.3 Å². The first kappa shape index (κ1) is 15.6. The molecule has 0 radical (unpaired) electrons. The Morgan fingerprint density at radius 1 is 1.18 bits per heavy atom. The van der Waals surface area contributed by atoms with E-state index in [1.165, 1.54) is 31.7 Å². The lowest BCUT2D eigenvalue weighted by atomic mass is 9.91. The molecule has 120 valence electrons. The maximum Gasteiger partial charge on any atom is 0.416 e. The summed E-state index contributed by atoms with van der Waals surface area (Å²) in [4.78, 5) is 0. The largest absolute Gasteiger partial charge is 0.416 e. The van der Waals surface area contributed by atoms with Crippen molar-refractivity contribution in [2.24, 2.45) is 5.92 Å². The van der Waals surface area contributed by atoms with E-state index in [2.05, 4.69) is 10.6 Å². The van der Waals surface area contributed by atoms with Crippen LogP contribution in [0.25, 0.3) is 0 Å². The minimum atomic E-state index is -4.34. The summed E-state index contributed by atoms with van der Waals surface area (Å²) in [5.74, 6) is 0.663. The molecule has 2 aliphatic carbocycles. The van der Waals surface area contributed by atoms with Gasteiger partial charge in [-0.05, 0) is 62.0 Å². The molecule has 6 heteroatoms. The van der Waals surface area contributed by atoms with Crippen molar-refractivity contribution in [3.05, 3.63) is 29.8 Å². The number of hydrogen-bond donors (Lipinski definition) is 2. The van der Waals surface area contributed by atoms with Gasteiger partial charge in [-0.1, -0.05) is 18.9 Å². The van der Waals surface area contributed by atoms with Crippen molar-refractivity contribution in [3.63, 3.8) is 0 Å². The van der Waals surface area contributed by atoms with Crippen LogP contribution in [-0.4, -0.2) is 10.7 Å². The number of thiocarbonyl (C=S) groups is 1. The smallest absolute Gasteiger partial charge is 0.357 e. The fourth-order valence-corrected chi connectivity index (χ4v) is 3.76. The van der Waals surface area contributed by atoms with Gasteiger partial charge in [0.25, 0.3) is 0 Å². The Morgan fingerprint density at radius 2 is 1.86 bits per heavy atom. The highest BCUT2D eigenvalue weighted by molar-refractivity contribution is 7.80. The average molecular weight is 328 g/mol. The molecule has 1 aromatic rings. The quantitative estimate of drug-likeness (QED) is 0.786. The molecule has 0 heterocycles. The van der Waals surface area contributed by atoms with Gasteiger partial charge < -0.3 is 10.6 Å². The minimum absolute atomic E-state index is 0.0612. The Kier molecular flexibility index (Phi) is 4.05. The van der Waals surface area contributed by atoms with Crippen LogP contribution in [0.2, 0.25) is 0 Å². The maximum absolute atomic E-state index is 12.7. The second-order valence-electron chi connectivity index (χ2n) is 6.30. The maximum atomic E-state index is 12.7. The molecule has 2 saturated carbocycles. The van der Waals surface area contributed by atoms with Gasteiger partial charge in [0, 0.05) is 11.2 Å². The van der Waals surface area contributed by atoms with Gasteiger partial charge in [-0.25, -0.2) is 0 Å². The molecule has 22 heavy (non-hydrogen) atoms. The van der Waals surface area contributed by atoms with Gasteiger partial charge in [-0.2, -0.15) is 13.2 Å². The molecule has 0 spiro atoms. The molecule has 2 nitrogen and oxygen atoms in total. The van der Waals surface area contributed by atoms with Gasteiger partial charge in [0.05, 0.1) is 5.56 Å². The highest BCUT2D eigenvalue weighted by atomic mass is 32.1. The molecule has 2 fully saturated rings. The van der Waals surface area contributed by atoms with Crippen molar-refractivity contribution in [2.45, 2.75) is 50.2 Å². The summed E-state index contributed by atoms with van der Waals surface area (Å²) in [6, 6.07) is 5.14. The number of halogens is 3. The summed E-state index contributed by atoms with van der Waals surface area (Å²) in [5.41, 5.74) is -0.236. The Bertz CT molecular complexity index is 561. The standard InChI is InChI=1S/C16H19F3N2S/c17-16(18,19)12-4-3-5-13(10-12)20-14(22)21-15(11-6-7-11)8-1-2-9-15/h3-5,10-11H,1-2,6-9H2,(H2,20,21,22). The monoisotopic (exact) mass is 328 g/mol. The average Bonchev–Trinajstić information content (AvgIpc) is 3.20. The molecule has 2 N–H and O–H groups in total. The number of nitrogens with one attached hydrogen (secondary N) is 2. The second-order valence-corrected chi connectivity index (χ2v) is 6.70. The van der Waals surface area contributed by atoms with Crippen LogP contribution in [-0.2, 0) is 6.18 Å². The van der Waals surface area contributed by atoms with Crippen molar-refractivity contribution < 1.29 is 13.2 Å². The van der Waals surface area contributed by atoms with Crippen LogP contribution in [0.5, 0.6) is 0 Å². The van der Waals surface area contributed by atoms with Gasteiger partial charge in [-0.3, -0.25) is 0 Å². The molecular weight excluding hydrogens is 309 g/mol. The zero-order chi connectivity index (χ0) is 15.8. The van der Waals surface area contributed by atoms with Crippen molar-refractivity contribution in [2.75, 3.05) is 5.32 Å². The van der Waals surface area contributed by atoms with Crippen LogP contribution in [0.4, 0.5) is 18.9 Å². The molecule has 0 aromatic heterocycles. The van der Waals surface area contributed by atoms with Crippen LogP contribution in [0.3, 0.4) is 0 Å². The van der Waals surface area contributed by atoms with E-state index < -0.39 is 11.7 Å². The molecule has 0 amide bonds. The van der Waals surface area contributed by atoms with E-state index in [0.717, 1.165) is 25.0 Å². The minimum Gasteiger partial charge on any atom is -0.357 e. The molecule has 0 bridgehead atoms. The van der Waals surface area contributed by atoms with Gasteiger partial charge >= 0.3 is 6.18 Å². The Hall–Kier alpha value is -1.30. The first-order valence-electron chi connectivity index (χ1n) is 7.65. The molecule has 0 atom stereocenters. The lowest BCUT2D eigenvalue weighted by Gasteiger charge is -2.32. The molecule has 1 aromatic carbocycles. The zero-order valence-electron chi connectivity index (χ0n) is 12.2. The van der Waals surface area contributed by atoms with Gasteiger partial charge in [0.1, 0.15) is 0 Å². The van der Waals surface area contributed by atoms with E-state index in [-0.39, 0.29) is 5.54 Å². The summed E-state index contributed by atoms with van der Waals surface area (Å²) in [6.45, 7) is 0. The SMILES string of the molecule is FC(F)(F)c1cccc(NC(=S)NC2(C3CC3)CCCC2)c1. The van der Waals surface area contributed by atoms with Crippen LogP contribution in [0.1, 0.15) is 44.1 Å². The lowest BCUT2D eigenvalue weighted by Crippen LogP contribution is -2.49. The predicted octanol–water partition coefficient (Wildman–Crippen LogP) is 4.71. The highest BCUT2D eigenvalue weighted by Gasteiger charge is 2.47. The number of rotatable bonds is 3. The van der Waals surface area contributed by atoms with Gasteiger partial charge in [0.15, 0.2) is 5.11 Å². The third kappa shape index (κ3) is 3.37. The molecule has 0 unspecified atom stereocenters. The van der Waals surface area contributed by atoms with Crippen molar-refractivity contribution in [1.82, 2.24) is 5.32 Å². The normalized spacial score (nSPS) is 20.7. The second kappa shape index (κ2) is 5.72. The first-order chi connectivity index (χ1) is 10.4. The summed E-state index contributed by atoms with van der Waals surface area (Å²) in [6.07, 6.45) is 2.68. The summed E-state index contributed by atoms with van der Waals surface area (Å²) in [7, 11) is 0.